The summed E-state index contributed by atoms with van der Waals surface area (Å²) >= 11 is 1.59. The van der Waals surface area contributed by atoms with Crippen LogP contribution in [0.5, 0.6) is 0 Å². The molecule has 0 aliphatic heterocycles. The van der Waals surface area contributed by atoms with E-state index in [1.54, 1.807) is 11.8 Å². The predicted molar refractivity (Wildman–Crippen MR) is 39.7 cm³/mol. The SMILES string of the molecule is CSCCC(N)C(=O)OO. The van der Waals surface area contributed by atoms with E-state index < -0.39 is 12.0 Å². The molecule has 0 aromatic heterocycles. The Morgan fingerprint density at radius 1 is 1.90 bits per heavy atom. The molecule has 3 N–H and O–H groups in total. The van der Waals surface area contributed by atoms with Gasteiger partial charge in [-0.15, -0.1) is 0 Å². The van der Waals surface area contributed by atoms with Crippen LogP contribution in [-0.4, -0.2) is 29.3 Å². The lowest BCUT2D eigenvalue weighted by Gasteiger charge is -2.04. The fraction of sp³-hybridized carbons (Fsp3) is 0.800. The average molecular weight is 165 g/mol. The van der Waals surface area contributed by atoms with Crippen LogP contribution in [0.3, 0.4) is 0 Å². The van der Waals surface area contributed by atoms with Crippen molar-refractivity contribution in [3.63, 3.8) is 0 Å². The summed E-state index contributed by atoms with van der Waals surface area (Å²) in [6.45, 7) is 0. The lowest BCUT2D eigenvalue weighted by molar-refractivity contribution is -0.235. The van der Waals surface area contributed by atoms with Crippen LogP contribution in [0.4, 0.5) is 0 Å². The summed E-state index contributed by atoms with van der Waals surface area (Å²) < 4.78 is 0. The van der Waals surface area contributed by atoms with E-state index in [4.69, 9.17) is 11.0 Å². The van der Waals surface area contributed by atoms with Crippen molar-refractivity contribution in [2.75, 3.05) is 12.0 Å². The topological polar surface area (TPSA) is 72.6 Å². The van der Waals surface area contributed by atoms with Crippen molar-refractivity contribution < 1.29 is 14.9 Å². The molecule has 0 saturated carbocycles. The third-order valence-electron chi connectivity index (χ3n) is 1.03. The van der Waals surface area contributed by atoms with Gasteiger partial charge in [-0.05, 0) is 18.4 Å². The normalized spacial score (nSPS) is 12.7. The van der Waals surface area contributed by atoms with Gasteiger partial charge in [0.15, 0.2) is 0 Å². The Hall–Kier alpha value is -0.260. The molecule has 0 radical (unpaired) electrons. The highest BCUT2D eigenvalue weighted by Gasteiger charge is 2.13. The molecule has 4 nitrogen and oxygen atoms in total. The first-order valence-electron chi connectivity index (χ1n) is 2.82. The molecule has 60 valence electrons. The lowest BCUT2D eigenvalue weighted by atomic mass is 10.2. The standard InChI is InChI=1S/C5H11NO3S/c1-10-3-2-4(6)5(7)9-8/h4,8H,2-3,6H2,1H3. The number of nitrogens with two attached hydrogens (primary N) is 1. The highest BCUT2D eigenvalue weighted by Crippen LogP contribution is 1.99. The van der Waals surface area contributed by atoms with Crippen molar-refractivity contribution in [2.24, 2.45) is 5.73 Å². The molecule has 1 unspecified atom stereocenters. The minimum Gasteiger partial charge on any atom is -0.318 e. The van der Waals surface area contributed by atoms with Gasteiger partial charge in [0, 0.05) is 0 Å². The maximum atomic E-state index is 10.4. The molecule has 0 fully saturated rings. The van der Waals surface area contributed by atoms with E-state index in [1.807, 2.05) is 6.26 Å². The Labute approximate surface area is 63.7 Å². The highest BCUT2D eigenvalue weighted by atomic mass is 32.2. The molecule has 10 heavy (non-hydrogen) atoms. The van der Waals surface area contributed by atoms with Crippen LogP contribution in [0.25, 0.3) is 0 Å². The molecular weight excluding hydrogens is 154 g/mol. The summed E-state index contributed by atoms with van der Waals surface area (Å²) in [7, 11) is 0. The monoisotopic (exact) mass is 165 g/mol. The van der Waals surface area contributed by atoms with E-state index in [-0.39, 0.29) is 0 Å². The van der Waals surface area contributed by atoms with Gasteiger partial charge >= 0.3 is 5.97 Å². The number of rotatable bonds is 4. The van der Waals surface area contributed by atoms with E-state index in [0.717, 1.165) is 5.75 Å². The van der Waals surface area contributed by atoms with Gasteiger partial charge in [-0.3, -0.25) is 4.89 Å². The van der Waals surface area contributed by atoms with Crippen molar-refractivity contribution in [3.05, 3.63) is 0 Å². The first kappa shape index (κ1) is 9.74. The summed E-state index contributed by atoms with van der Waals surface area (Å²) in [5, 5.41) is 7.87. The Balaban J connectivity index is 3.41. The molecule has 0 aromatic carbocycles. The molecule has 0 saturated heterocycles. The van der Waals surface area contributed by atoms with Gasteiger partial charge in [-0.2, -0.15) is 17.0 Å². The Morgan fingerprint density at radius 2 is 2.50 bits per heavy atom. The van der Waals surface area contributed by atoms with Crippen molar-refractivity contribution in [1.29, 1.82) is 0 Å². The van der Waals surface area contributed by atoms with E-state index >= 15 is 0 Å². The minimum atomic E-state index is -0.769. The first-order chi connectivity index (χ1) is 4.72. The van der Waals surface area contributed by atoms with Crippen molar-refractivity contribution >= 4 is 17.7 Å². The van der Waals surface area contributed by atoms with Gasteiger partial charge in [0.1, 0.15) is 6.04 Å². The van der Waals surface area contributed by atoms with Crippen molar-refractivity contribution in [3.8, 4) is 0 Å². The largest absolute Gasteiger partial charge is 0.358 e. The lowest BCUT2D eigenvalue weighted by Crippen LogP contribution is -2.32. The van der Waals surface area contributed by atoms with Crippen LogP contribution < -0.4 is 5.73 Å². The summed E-state index contributed by atoms with van der Waals surface area (Å²) in [6.07, 6.45) is 2.44. The number of hydrogen-bond donors (Lipinski definition) is 2. The molecule has 0 aliphatic rings. The second kappa shape index (κ2) is 5.52. The molecule has 5 heteroatoms. The van der Waals surface area contributed by atoms with E-state index in [0.29, 0.717) is 6.42 Å². The predicted octanol–water partition coefficient (Wildman–Crippen LogP) is 0.0830. The number of carbonyl (C=O) groups is 1. The molecule has 0 aromatic rings. The zero-order valence-corrected chi connectivity index (χ0v) is 6.56. The Kier molecular flexibility index (Phi) is 5.38. The Bertz CT molecular complexity index is 109. The van der Waals surface area contributed by atoms with Crippen LogP contribution in [-0.2, 0) is 9.68 Å². The summed E-state index contributed by atoms with van der Waals surface area (Å²) in [5.41, 5.74) is 5.27. The van der Waals surface area contributed by atoms with Crippen LogP contribution in [0.15, 0.2) is 0 Å². The van der Waals surface area contributed by atoms with E-state index in [1.165, 1.54) is 0 Å². The van der Waals surface area contributed by atoms with Gasteiger partial charge in [0.05, 0.1) is 0 Å². The fourth-order valence-electron chi connectivity index (χ4n) is 0.430. The molecule has 0 spiro atoms. The fourth-order valence-corrected chi connectivity index (χ4v) is 0.920. The minimum absolute atomic E-state index is 0.528. The van der Waals surface area contributed by atoms with Gasteiger partial charge in [0.2, 0.25) is 0 Å². The van der Waals surface area contributed by atoms with E-state index in [9.17, 15) is 4.79 Å². The molecule has 0 bridgehead atoms. The van der Waals surface area contributed by atoms with Gasteiger partial charge in [-0.25, -0.2) is 4.79 Å². The zero-order valence-electron chi connectivity index (χ0n) is 5.74. The zero-order chi connectivity index (χ0) is 7.98. The number of hydrogen-bond acceptors (Lipinski definition) is 5. The number of thioether (sulfide) groups is 1. The second-order valence-corrected chi connectivity index (χ2v) is 2.78. The van der Waals surface area contributed by atoms with Crippen molar-refractivity contribution in [2.45, 2.75) is 12.5 Å². The Morgan fingerprint density at radius 3 is 2.90 bits per heavy atom. The molecule has 0 aliphatic carbocycles. The van der Waals surface area contributed by atoms with Crippen LogP contribution in [0.1, 0.15) is 6.42 Å². The summed E-state index contributed by atoms with van der Waals surface area (Å²) in [4.78, 5) is 13.8. The highest BCUT2D eigenvalue weighted by molar-refractivity contribution is 7.98. The van der Waals surface area contributed by atoms with Crippen LogP contribution >= 0.6 is 11.8 Å². The van der Waals surface area contributed by atoms with Gasteiger partial charge in [0.25, 0.3) is 0 Å². The average Bonchev–Trinajstić information content (AvgIpc) is 1.98. The van der Waals surface area contributed by atoms with Crippen molar-refractivity contribution in [1.82, 2.24) is 0 Å². The summed E-state index contributed by atoms with van der Waals surface area (Å²) in [5.74, 6) is 0.0186. The molecule has 0 amide bonds. The summed E-state index contributed by atoms with van der Waals surface area (Å²) in [6, 6.07) is -0.697. The second-order valence-electron chi connectivity index (χ2n) is 1.80. The quantitative estimate of drug-likeness (QED) is 0.456. The van der Waals surface area contributed by atoms with Gasteiger partial charge in [-0.1, -0.05) is 0 Å². The molecular formula is C5H11NO3S. The third kappa shape index (κ3) is 3.71. The van der Waals surface area contributed by atoms with Crippen LogP contribution in [0.2, 0.25) is 0 Å². The first-order valence-corrected chi connectivity index (χ1v) is 4.21. The molecule has 0 heterocycles. The number of carbonyl (C=O) groups excluding carboxylic acids is 1. The third-order valence-corrected chi connectivity index (χ3v) is 1.67. The maximum Gasteiger partial charge on any atom is 0.358 e. The molecule has 0 rings (SSSR count). The van der Waals surface area contributed by atoms with E-state index in [2.05, 4.69) is 4.89 Å². The van der Waals surface area contributed by atoms with Crippen LogP contribution in [0, 0.1) is 0 Å². The molecule has 1 atom stereocenters. The maximum absolute atomic E-state index is 10.4. The smallest absolute Gasteiger partial charge is 0.318 e. The van der Waals surface area contributed by atoms with Gasteiger partial charge < -0.3 is 5.73 Å².